The molecule has 1 aromatic carbocycles. The predicted molar refractivity (Wildman–Crippen MR) is 95.2 cm³/mol. The first kappa shape index (κ1) is 19.0. The molecule has 1 unspecified atom stereocenters. The molecule has 1 aliphatic rings. The van der Waals surface area contributed by atoms with Crippen molar-refractivity contribution in [2.45, 2.75) is 51.4 Å². The van der Waals surface area contributed by atoms with Crippen molar-refractivity contribution in [1.29, 1.82) is 0 Å². The van der Waals surface area contributed by atoms with Crippen LogP contribution in [0.2, 0.25) is 0 Å². The van der Waals surface area contributed by atoms with Crippen molar-refractivity contribution in [1.82, 2.24) is 5.32 Å². The van der Waals surface area contributed by atoms with Gasteiger partial charge >= 0.3 is 5.97 Å². The second kappa shape index (κ2) is 9.81. The number of carbonyl (C=O) groups excluding carboxylic acids is 3. The fraction of sp³-hybridized carbons (Fsp3) is 0.526. The molecule has 1 atom stereocenters. The highest BCUT2D eigenvalue weighted by Gasteiger charge is 2.29. The van der Waals surface area contributed by atoms with Gasteiger partial charge < -0.3 is 15.4 Å². The maximum absolute atomic E-state index is 12.4. The lowest BCUT2D eigenvalue weighted by molar-refractivity contribution is -0.143. The molecule has 2 amide bonds. The average Bonchev–Trinajstić information content (AvgIpc) is 2.60. The Morgan fingerprint density at radius 2 is 1.96 bits per heavy atom. The number of nitrogens with one attached hydrogen (secondary N) is 2. The molecule has 0 fully saturated rings. The highest BCUT2D eigenvalue weighted by Crippen LogP contribution is 2.31. The van der Waals surface area contributed by atoms with Gasteiger partial charge in [-0.25, -0.2) is 0 Å². The van der Waals surface area contributed by atoms with E-state index in [-0.39, 0.29) is 24.2 Å². The molecular weight excluding hydrogens is 320 g/mol. The summed E-state index contributed by atoms with van der Waals surface area (Å²) in [5.74, 6) is -0.801. The Morgan fingerprint density at radius 3 is 2.76 bits per heavy atom. The first-order valence-electron chi connectivity index (χ1n) is 8.94. The van der Waals surface area contributed by atoms with Crippen LogP contribution in [-0.2, 0) is 19.1 Å². The van der Waals surface area contributed by atoms with Crippen LogP contribution in [0.25, 0.3) is 0 Å². The van der Waals surface area contributed by atoms with Crippen molar-refractivity contribution in [3.8, 4) is 0 Å². The van der Waals surface area contributed by atoms with Crippen LogP contribution in [-0.4, -0.2) is 30.9 Å². The van der Waals surface area contributed by atoms with Crippen molar-refractivity contribution >= 4 is 23.5 Å². The van der Waals surface area contributed by atoms with E-state index >= 15 is 0 Å². The van der Waals surface area contributed by atoms with E-state index in [1.165, 1.54) is 0 Å². The smallest absolute Gasteiger partial charge is 0.305 e. The van der Waals surface area contributed by atoms with Crippen molar-refractivity contribution in [3.05, 3.63) is 29.8 Å². The number of unbranched alkanes of at least 4 members (excludes halogenated alkanes) is 3. The van der Waals surface area contributed by atoms with Crippen LogP contribution in [0.15, 0.2) is 24.3 Å². The third-order valence-electron chi connectivity index (χ3n) is 4.23. The first-order chi connectivity index (χ1) is 12.1. The predicted octanol–water partition coefficient (Wildman–Crippen LogP) is 2.74. The van der Waals surface area contributed by atoms with E-state index in [1.807, 2.05) is 24.3 Å². The van der Waals surface area contributed by atoms with Crippen molar-refractivity contribution in [3.63, 3.8) is 0 Å². The number of hydrogen-bond acceptors (Lipinski definition) is 4. The second-order valence-electron chi connectivity index (χ2n) is 6.15. The Bertz CT molecular complexity index is 615. The molecule has 1 aliphatic heterocycles. The summed E-state index contributed by atoms with van der Waals surface area (Å²) in [5, 5.41) is 5.72. The Balaban J connectivity index is 1.67. The van der Waals surface area contributed by atoms with Crippen molar-refractivity contribution < 1.29 is 19.1 Å². The molecule has 0 radical (unpaired) electrons. The van der Waals surface area contributed by atoms with Gasteiger partial charge in [-0.3, -0.25) is 14.4 Å². The summed E-state index contributed by atoms with van der Waals surface area (Å²) < 4.78 is 4.88. The molecule has 25 heavy (non-hydrogen) atoms. The molecule has 0 bridgehead atoms. The van der Waals surface area contributed by atoms with Crippen LogP contribution in [0.1, 0.15) is 56.9 Å². The molecule has 0 saturated carbocycles. The van der Waals surface area contributed by atoms with Crippen LogP contribution in [0.5, 0.6) is 0 Å². The molecule has 136 valence electrons. The number of carbonyl (C=O) groups is 3. The average molecular weight is 346 g/mol. The molecule has 6 heteroatoms. The quantitative estimate of drug-likeness (QED) is 0.532. The maximum atomic E-state index is 12.4. The standard InChI is InChI=1S/C19H26N2O4/c1-2-25-18(23)11-5-3-4-8-12-20-19(24)15-13-17(22)21-16-10-7-6-9-14(15)16/h6-7,9-10,15H,2-5,8,11-13H2,1H3,(H,20,24)(H,21,22). The van der Waals surface area contributed by atoms with Crippen molar-refractivity contribution in [2.24, 2.45) is 0 Å². The van der Waals surface area contributed by atoms with E-state index in [1.54, 1.807) is 6.92 Å². The van der Waals surface area contributed by atoms with Crippen LogP contribution >= 0.6 is 0 Å². The minimum absolute atomic E-state index is 0.103. The summed E-state index contributed by atoms with van der Waals surface area (Å²) in [6.45, 7) is 2.81. The Labute approximate surface area is 148 Å². The SMILES string of the molecule is CCOC(=O)CCCCCCNC(=O)C1CC(=O)Nc2ccccc21. The zero-order valence-corrected chi connectivity index (χ0v) is 14.7. The number of rotatable bonds is 9. The zero-order valence-electron chi connectivity index (χ0n) is 14.7. The second-order valence-corrected chi connectivity index (χ2v) is 6.15. The van der Waals surface area contributed by atoms with E-state index in [9.17, 15) is 14.4 Å². The number of hydrogen-bond donors (Lipinski definition) is 2. The van der Waals surface area contributed by atoms with Gasteiger partial charge in [0.2, 0.25) is 11.8 Å². The fourth-order valence-corrected chi connectivity index (χ4v) is 2.96. The molecule has 0 spiro atoms. The summed E-state index contributed by atoms with van der Waals surface area (Å²) >= 11 is 0. The molecule has 0 aromatic heterocycles. The van der Waals surface area contributed by atoms with Gasteiger partial charge in [-0.2, -0.15) is 0 Å². The van der Waals surface area contributed by atoms with Gasteiger partial charge in [0.1, 0.15) is 0 Å². The topological polar surface area (TPSA) is 84.5 Å². The third kappa shape index (κ3) is 5.89. The van der Waals surface area contributed by atoms with Gasteiger partial charge in [-0.1, -0.05) is 31.0 Å². The molecule has 2 N–H and O–H groups in total. The van der Waals surface area contributed by atoms with E-state index in [4.69, 9.17) is 4.74 Å². The largest absolute Gasteiger partial charge is 0.466 e. The van der Waals surface area contributed by atoms with Gasteiger partial charge in [-0.05, 0) is 31.4 Å². The zero-order chi connectivity index (χ0) is 18.1. The van der Waals surface area contributed by atoms with E-state index in [0.717, 1.165) is 36.9 Å². The number of fused-ring (bicyclic) bond motifs is 1. The van der Waals surface area contributed by atoms with Gasteiger partial charge in [0.05, 0.1) is 12.5 Å². The van der Waals surface area contributed by atoms with Crippen LogP contribution in [0, 0.1) is 0 Å². The fourth-order valence-electron chi connectivity index (χ4n) is 2.96. The van der Waals surface area contributed by atoms with Gasteiger partial charge in [-0.15, -0.1) is 0 Å². The van der Waals surface area contributed by atoms with E-state index in [0.29, 0.717) is 19.6 Å². The van der Waals surface area contributed by atoms with E-state index < -0.39 is 5.92 Å². The number of amides is 2. The summed E-state index contributed by atoms with van der Waals surface area (Å²) in [4.78, 5) is 35.4. The monoisotopic (exact) mass is 346 g/mol. The van der Waals surface area contributed by atoms with Crippen molar-refractivity contribution in [2.75, 3.05) is 18.5 Å². The number of ether oxygens (including phenoxy) is 1. The number of para-hydroxylation sites is 1. The lowest BCUT2D eigenvalue weighted by Gasteiger charge is -2.24. The summed E-state index contributed by atoms with van der Waals surface area (Å²) in [6.07, 6.45) is 4.18. The molecular formula is C19H26N2O4. The highest BCUT2D eigenvalue weighted by molar-refractivity contribution is 6.01. The van der Waals surface area contributed by atoms with Gasteiger partial charge in [0.15, 0.2) is 0 Å². The summed E-state index contributed by atoms with van der Waals surface area (Å²) in [6, 6.07) is 7.42. The van der Waals surface area contributed by atoms with Gasteiger partial charge in [0, 0.05) is 25.1 Å². The summed E-state index contributed by atoms with van der Waals surface area (Å²) in [5.41, 5.74) is 1.59. The first-order valence-corrected chi connectivity index (χ1v) is 8.94. The number of benzene rings is 1. The molecule has 2 rings (SSSR count). The maximum Gasteiger partial charge on any atom is 0.305 e. The summed E-state index contributed by atoms with van der Waals surface area (Å²) in [7, 11) is 0. The lowest BCUT2D eigenvalue weighted by atomic mass is 9.90. The highest BCUT2D eigenvalue weighted by atomic mass is 16.5. The molecule has 1 heterocycles. The Hall–Kier alpha value is -2.37. The molecule has 6 nitrogen and oxygen atoms in total. The molecule has 0 saturated heterocycles. The lowest BCUT2D eigenvalue weighted by Crippen LogP contribution is -2.35. The van der Waals surface area contributed by atoms with Crippen LogP contribution in [0.3, 0.4) is 0 Å². The normalized spacial score (nSPS) is 15.9. The Kier molecular flexibility index (Phi) is 7.44. The minimum Gasteiger partial charge on any atom is -0.466 e. The molecule has 0 aliphatic carbocycles. The molecule has 1 aromatic rings. The minimum atomic E-state index is -0.422. The van der Waals surface area contributed by atoms with Crippen LogP contribution in [0.4, 0.5) is 5.69 Å². The number of anilines is 1. The number of esters is 1. The van der Waals surface area contributed by atoms with Gasteiger partial charge in [0.25, 0.3) is 0 Å². The van der Waals surface area contributed by atoms with E-state index in [2.05, 4.69) is 10.6 Å². The Morgan fingerprint density at radius 1 is 1.20 bits per heavy atom. The van der Waals surface area contributed by atoms with Crippen LogP contribution < -0.4 is 10.6 Å². The third-order valence-corrected chi connectivity index (χ3v) is 4.23.